The Morgan fingerprint density at radius 2 is 1.62 bits per heavy atom. The Morgan fingerprint density at radius 1 is 1.25 bits per heavy atom. The van der Waals surface area contributed by atoms with Gasteiger partial charge in [0.05, 0.1) is 0 Å². The molecule has 1 radical (unpaired) electrons. The third-order valence-electron chi connectivity index (χ3n) is 0.317. The molecule has 0 N–H and O–H groups in total. The zero-order valence-electron chi connectivity index (χ0n) is 3.30. The average molecular weight is 151 g/mol. The van der Waals surface area contributed by atoms with Crippen molar-refractivity contribution in [3.8, 4) is 0 Å². The summed E-state index contributed by atoms with van der Waals surface area (Å²) in [6.45, 7) is 0. The molecule has 0 fully saturated rings. The van der Waals surface area contributed by atoms with Crippen LogP contribution >= 0.6 is 12.1 Å². The normalized spacial score (nSPS) is 12.8. The molecule has 0 aliphatic heterocycles. The number of alkyl halides is 2. The molecule has 0 aliphatic carbocycles. The summed E-state index contributed by atoms with van der Waals surface area (Å²) in [6, 6.07) is 0. The molecule has 0 spiro atoms. The first-order valence-electron chi connectivity index (χ1n) is 1.36. The second kappa shape index (κ2) is 2.52. The number of halogens is 5. The van der Waals surface area contributed by atoms with Crippen LogP contribution in [0.5, 0.6) is 0 Å². The minimum absolute atomic E-state index is 1.69. The lowest BCUT2D eigenvalue weighted by atomic mass is 10.7. The van der Waals surface area contributed by atoms with Crippen LogP contribution in [0.2, 0.25) is 0 Å². The maximum absolute atomic E-state index is 11.1. The molecule has 49 valence electrons. The quantitative estimate of drug-likeness (QED) is 0.546. The number of hydrogen-bond donors (Lipinski definition) is 0. The highest BCUT2D eigenvalue weighted by atomic mass is 32.2. The van der Waals surface area contributed by atoms with Crippen LogP contribution in [0.25, 0.3) is 0 Å². The number of hydrogen-bond acceptors (Lipinski definition) is 1. The van der Waals surface area contributed by atoms with Gasteiger partial charge in [0.1, 0.15) is 12.1 Å². The molecule has 8 heavy (non-hydrogen) atoms. The van der Waals surface area contributed by atoms with Gasteiger partial charge in [-0.1, -0.05) is 0 Å². The van der Waals surface area contributed by atoms with Gasteiger partial charge in [-0.15, -0.1) is 0 Å². The van der Waals surface area contributed by atoms with Gasteiger partial charge in [0.25, 0.3) is 0 Å². The first-order valence-corrected chi connectivity index (χ1v) is 2.08. The molecule has 6 heteroatoms. The lowest BCUT2D eigenvalue weighted by molar-refractivity contribution is 0.0209. The fourth-order valence-corrected chi connectivity index (χ4v) is 0.0875. The van der Waals surface area contributed by atoms with E-state index in [4.69, 9.17) is 0 Å². The van der Waals surface area contributed by atoms with Gasteiger partial charge in [-0.25, -0.2) is 0 Å². The van der Waals surface area contributed by atoms with Gasteiger partial charge in [0.15, 0.2) is 0 Å². The molecule has 0 saturated heterocycles. The molecule has 0 bridgehead atoms. The predicted octanol–water partition coefficient (Wildman–Crippen LogP) is 2.63. The van der Waals surface area contributed by atoms with E-state index < -0.39 is 23.8 Å². The molecule has 0 unspecified atom stereocenters. The standard InChI is InChI=1S/C2F5S/c3-1(4)2(5,6)8-7. The maximum Gasteiger partial charge on any atom is 0.391 e. The van der Waals surface area contributed by atoms with Gasteiger partial charge in [-0.2, -0.15) is 21.4 Å². The minimum atomic E-state index is -4.62. The Kier molecular flexibility index (Phi) is 2.52. The fraction of sp³-hybridized carbons (Fsp3) is 0.500. The van der Waals surface area contributed by atoms with E-state index >= 15 is 0 Å². The van der Waals surface area contributed by atoms with E-state index in [1.807, 2.05) is 0 Å². The van der Waals surface area contributed by atoms with E-state index in [0.29, 0.717) is 0 Å². The van der Waals surface area contributed by atoms with Crippen LogP contribution in [-0.4, -0.2) is 5.25 Å². The Morgan fingerprint density at radius 3 is 1.62 bits per heavy atom. The lowest BCUT2D eigenvalue weighted by Gasteiger charge is -2.04. The first kappa shape index (κ1) is 8.00. The van der Waals surface area contributed by atoms with Crippen LogP contribution in [-0.2, 0) is 0 Å². The van der Waals surface area contributed by atoms with Gasteiger partial charge in [0.2, 0.25) is 0 Å². The van der Waals surface area contributed by atoms with Crippen molar-refractivity contribution in [3.63, 3.8) is 0 Å². The molecule has 0 saturated carbocycles. The van der Waals surface area contributed by atoms with E-state index in [2.05, 4.69) is 0 Å². The zero-order chi connectivity index (χ0) is 6.78. The van der Waals surface area contributed by atoms with Crippen LogP contribution in [0.15, 0.2) is 0 Å². The summed E-state index contributed by atoms with van der Waals surface area (Å²) < 4.78 is 54.3. The van der Waals surface area contributed by atoms with Gasteiger partial charge in [0, 0.05) is 0 Å². The van der Waals surface area contributed by atoms with Crippen LogP contribution in [0.3, 0.4) is 0 Å². The van der Waals surface area contributed by atoms with Gasteiger partial charge < -0.3 is 0 Å². The highest BCUT2D eigenvalue weighted by Crippen LogP contribution is 2.40. The van der Waals surface area contributed by atoms with E-state index in [-0.39, 0.29) is 0 Å². The van der Waals surface area contributed by atoms with E-state index in [0.717, 1.165) is 0 Å². The monoisotopic (exact) mass is 151 g/mol. The van der Waals surface area contributed by atoms with Crippen molar-refractivity contribution < 1.29 is 21.4 Å². The smallest absolute Gasteiger partial charge is 0.191 e. The van der Waals surface area contributed by atoms with Crippen LogP contribution < -0.4 is 0 Å². The molecule has 0 aromatic heterocycles. The van der Waals surface area contributed by atoms with Crippen molar-refractivity contribution in [2.45, 2.75) is 5.25 Å². The van der Waals surface area contributed by atoms with Crippen molar-refractivity contribution in [1.82, 2.24) is 0 Å². The van der Waals surface area contributed by atoms with Gasteiger partial charge in [-0.05, 0) is 0 Å². The molecular formula is C2F5S. The maximum atomic E-state index is 11.1. The van der Waals surface area contributed by atoms with Crippen LogP contribution in [0, 0.1) is 6.43 Å². The second-order valence-electron chi connectivity index (χ2n) is 0.854. The average Bonchev–Trinajstić information content (AvgIpc) is 1.67. The van der Waals surface area contributed by atoms with Crippen molar-refractivity contribution in [2.24, 2.45) is 0 Å². The topological polar surface area (TPSA) is 0 Å². The fourth-order valence-electron chi connectivity index (χ4n) is 0.0292. The Hall–Kier alpha value is -0.0000000000000000555. The highest BCUT2D eigenvalue weighted by Gasteiger charge is 2.45. The summed E-state index contributed by atoms with van der Waals surface area (Å²) in [4.78, 5) is 0. The third kappa shape index (κ3) is 1.85. The summed E-state index contributed by atoms with van der Waals surface area (Å²) in [7, 11) is 0. The zero-order valence-corrected chi connectivity index (χ0v) is 4.11. The molecule has 0 aliphatic rings. The molecule has 0 atom stereocenters. The Balaban J connectivity index is 3.71. The summed E-state index contributed by atoms with van der Waals surface area (Å²) in [5.74, 6) is 0. The molecule has 0 aromatic carbocycles. The molecular weight excluding hydrogens is 151 g/mol. The number of rotatable bonds is 2. The van der Waals surface area contributed by atoms with Crippen LogP contribution in [0.4, 0.5) is 21.4 Å². The predicted molar refractivity (Wildman–Crippen MR) is 19.1 cm³/mol. The summed E-state index contributed by atoms with van der Waals surface area (Å²) in [6.07, 6.45) is -3.22. The van der Waals surface area contributed by atoms with E-state index in [1.165, 1.54) is 0 Å². The molecule has 0 aromatic rings. The van der Waals surface area contributed by atoms with E-state index in [9.17, 15) is 21.4 Å². The summed E-state index contributed by atoms with van der Waals surface area (Å²) in [5, 5.41) is -4.62. The highest BCUT2D eigenvalue weighted by molar-refractivity contribution is 7.95. The lowest BCUT2D eigenvalue weighted by Crippen LogP contribution is -2.12. The third-order valence-corrected chi connectivity index (χ3v) is 0.665. The molecule has 0 rings (SSSR count). The Labute approximate surface area is 46.4 Å². The van der Waals surface area contributed by atoms with Crippen molar-refractivity contribution in [3.05, 3.63) is 6.43 Å². The second-order valence-corrected chi connectivity index (χ2v) is 1.52. The first-order chi connectivity index (χ1) is 3.50. The largest absolute Gasteiger partial charge is 0.391 e. The molecule has 0 heterocycles. The van der Waals surface area contributed by atoms with Crippen molar-refractivity contribution in [2.75, 3.05) is 0 Å². The van der Waals surface area contributed by atoms with Crippen LogP contribution in [0.1, 0.15) is 0 Å². The van der Waals surface area contributed by atoms with Crippen molar-refractivity contribution >= 4 is 12.1 Å². The summed E-state index contributed by atoms with van der Waals surface area (Å²) >= 11 is -1.69. The molecule has 0 nitrogen and oxygen atoms in total. The van der Waals surface area contributed by atoms with E-state index in [1.54, 1.807) is 0 Å². The van der Waals surface area contributed by atoms with Gasteiger partial charge >= 0.3 is 11.7 Å². The minimum Gasteiger partial charge on any atom is -0.191 e. The molecule has 0 amide bonds. The van der Waals surface area contributed by atoms with Crippen molar-refractivity contribution in [1.29, 1.82) is 0 Å². The SMILES string of the molecule is FSC(F)(F)[C](F)F. The summed E-state index contributed by atoms with van der Waals surface area (Å²) in [5.41, 5.74) is 0. The van der Waals surface area contributed by atoms with Gasteiger partial charge in [-0.3, -0.25) is 0 Å². The Bertz CT molecular complexity index is 70.8.